The zero-order chi connectivity index (χ0) is 20.1. The average molecular weight is 377 g/mol. The van der Waals surface area contributed by atoms with E-state index in [4.69, 9.17) is 0 Å². The first-order chi connectivity index (χ1) is 13.5. The first-order valence-electron chi connectivity index (χ1n) is 8.89. The molecule has 0 aliphatic rings. The van der Waals surface area contributed by atoms with E-state index in [2.05, 4.69) is 10.3 Å². The van der Waals surface area contributed by atoms with Crippen LogP contribution in [-0.4, -0.2) is 23.3 Å². The molecule has 0 unspecified atom stereocenters. The van der Waals surface area contributed by atoms with E-state index >= 15 is 0 Å². The minimum Gasteiger partial charge on any atom is -0.321 e. The number of hydrogen-bond acceptors (Lipinski definition) is 3. The second-order valence-electron chi connectivity index (χ2n) is 6.28. The molecule has 2 aromatic carbocycles. The summed E-state index contributed by atoms with van der Waals surface area (Å²) in [4.78, 5) is 31.1. The van der Waals surface area contributed by atoms with E-state index in [9.17, 15) is 14.0 Å². The molecular formula is C22H20FN3O2. The molecule has 3 rings (SSSR count). The average Bonchev–Trinajstić information content (AvgIpc) is 2.70. The molecule has 2 amide bonds. The summed E-state index contributed by atoms with van der Waals surface area (Å²) in [5.74, 6) is -1.08. The molecule has 142 valence electrons. The highest BCUT2D eigenvalue weighted by Gasteiger charge is 2.18. The molecule has 6 heteroatoms. The second kappa shape index (κ2) is 8.43. The lowest BCUT2D eigenvalue weighted by Crippen LogP contribution is -2.31. The van der Waals surface area contributed by atoms with E-state index in [1.807, 2.05) is 38.1 Å². The van der Waals surface area contributed by atoms with Crippen molar-refractivity contribution in [2.75, 3.05) is 16.8 Å². The Hall–Kier alpha value is -3.54. The molecule has 1 N–H and O–H groups in total. The van der Waals surface area contributed by atoms with Crippen molar-refractivity contribution in [2.24, 2.45) is 0 Å². The molecule has 1 heterocycles. The maximum atomic E-state index is 13.0. The Morgan fingerprint density at radius 1 is 1.07 bits per heavy atom. The third-order valence-electron chi connectivity index (χ3n) is 4.22. The summed E-state index contributed by atoms with van der Waals surface area (Å²) in [6.45, 7) is 4.34. The molecule has 0 radical (unpaired) electrons. The smallest absolute Gasteiger partial charge is 0.274 e. The number of rotatable bonds is 5. The zero-order valence-electron chi connectivity index (χ0n) is 15.6. The standard InChI is InChI=1S/C22H20FN3O2/c1-3-26(19-6-4-5-15(2)13-19)22(28)16-11-12-24-20(14-16)21(27)25-18-9-7-17(23)8-10-18/h4-14H,3H2,1-2H3,(H,25,27). The lowest BCUT2D eigenvalue weighted by Gasteiger charge is -2.21. The maximum absolute atomic E-state index is 13.0. The number of carbonyl (C=O) groups excluding carboxylic acids is 2. The number of nitrogens with one attached hydrogen (secondary N) is 1. The van der Waals surface area contributed by atoms with E-state index in [0.29, 0.717) is 17.8 Å². The SMILES string of the molecule is CCN(C(=O)c1ccnc(C(=O)Nc2ccc(F)cc2)c1)c1cccc(C)c1. The molecular weight excluding hydrogens is 357 g/mol. The lowest BCUT2D eigenvalue weighted by atomic mass is 10.1. The van der Waals surface area contributed by atoms with E-state index in [0.717, 1.165) is 11.3 Å². The van der Waals surface area contributed by atoms with Crippen molar-refractivity contribution in [3.8, 4) is 0 Å². The number of pyridine rings is 1. The Labute approximate surface area is 162 Å². The maximum Gasteiger partial charge on any atom is 0.274 e. The van der Waals surface area contributed by atoms with Crippen LogP contribution in [0.4, 0.5) is 15.8 Å². The van der Waals surface area contributed by atoms with Gasteiger partial charge in [0.05, 0.1) is 0 Å². The molecule has 0 aliphatic carbocycles. The molecule has 0 bridgehead atoms. The summed E-state index contributed by atoms with van der Waals surface area (Å²) < 4.78 is 13.0. The quantitative estimate of drug-likeness (QED) is 0.715. The van der Waals surface area contributed by atoms with Crippen molar-refractivity contribution in [1.82, 2.24) is 4.98 Å². The minimum atomic E-state index is -0.472. The largest absolute Gasteiger partial charge is 0.321 e. The normalized spacial score (nSPS) is 10.4. The summed E-state index contributed by atoms with van der Waals surface area (Å²) in [7, 11) is 0. The number of anilines is 2. The Morgan fingerprint density at radius 2 is 1.82 bits per heavy atom. The van der Waals surface area contributed by atoms with Crippen LogP contribution in [0.15, 0.2) is 66.9 Å². The van der Waals surface area contributed by atoms with Gasteiger partial charge in [-0.3, -0.25) is 14.6 Å². The molecule has 28 heavy (non-hydrogen) atoms. The highest BCUT2D eigenvalue weighted by atomic mass is 19.1. The fourth-order valence-electron chi connectivity index (χ4n) is 2.81. The van der Waals surface area contributed by atoms with Crippen LogP contribution in [0.2, 0.25) is 0 Å². The predicted octanol–water partition coefficient (Wildman–Crippen LogP) is 4.45. The Kier molecular flexibility index (Phi) is 5.79. The summed E-state index contributed by atoms with van der Waals surface area (Å²) in [6, 6.07) is 16.1. The Bertz CT molecular complexity index is 1000. The van der Waals surface area contributed by atoms with Crippen molar-refractivity contribution in [3.05, 3.63) is 89.5 Å². The molecule has 0 saturated heterocycles. The van der Waals surface area contributed by atoms with Gasteiger partial charge in [0.25, 0.3) is 11.8 Å². The molecule has 1 aromatic heterocycles. The zero-order valence-corrected chi connectivity index (χ0v) is 15.6. The third-order valence-corrected chi connectivity index (χ3v) is 4.22. The van der Waals surface area contributed by atoms with Crippen LogP contribution < -0.4 is 10.2 Å². The molecule has 5 nitrogen and oxygen atoms in total. The second-order valence-corrected chi connectivity index (χ2v) is 6.28. The first kappa shape index (κ1) is 19.2. The summed E-state index contributed by atoms with van der Waals surface area (Å²) >= 11 is 0. The number of halogens is 1. The summed E-state index contributed by atoms with van der Waals surface area (Å²) in [6.07, 6.45) is 1.43. The molecule has 0 aliphatic heterocycles. The lowest BCUT2D eigenvalue weighted by molar-refractivity contribution is 0.0988. The molecule has 3 aromatic rings. The monoisotopic (exact) mass is 377 g/mol. The van der Waals surface area contributed by atoms with Gasteiger partial charge in [-0.25, -0.2) is 4.39 Å². The first-order valence-corrected chi connectivity index (χ1v) is 8.89. The Morgan fingerprint density at radius 3 is 2.50 bits per heavy atom. The number of nitrogens with zero attached hydrogens (tertiary/aromatic N) is 2. The number of amides is 2. The van der Waals surface area contributed by atoms with Gasteiger partial charge >= 0.3 is 0 Å². The minimum absolute atomic E-state index is 0.107. The van der Waals surface area contributed by atoms with Crippen molar-refractivity contribution in [2.45, 2.75) is 13.8 Å². The van der Waals surface area contributed by atoms with Gasteiger partial charge in [0.1, 0.15) is 11.5 Å². The van der Waals surface area contributed by atoms with Gasteiger partial charge in [0, 0.05) is 29.7 Å². The van der Waals surface area contributed by atoms with Gasteiger partial charge < -0.3 is 10.2 Å². The van der Waals surface area contributed by atoms with Gasteiger partial charge in [0.15, 0.2) is 0 Å². The van der Waals surface area contributed by atoms with Crippen LogP contribution >= 0.6 is 0 Å². The van der Waals surface area contributed by atoms with Crippen molar-refractivity contribution >= 4 is 23.2 Å². The molecule has 0 atom stereocenters. The van der Waals surface area contributed by atoms with E-state index < -0.39 is 5.91 Å². The van der Waals surface area contributed by atoms with Crippen molar-refractivity contribution < 1.29 is 14.0 Å². The topological polar surface area (TPSA) is 62.3 Å². The van der Waals surface area contributed by atoms with E-state index in [-0.39, 0.29) is 17.4 Å². The van der Waals surface area contributed by atoms with Gasteiger partial charge in [-0.2, -0.15) is 0 Å². The fraction of sp³-hybridized carbons (Fsp3) is 0.136. The van der Waals surface area contributed by atoms with E-state index in [1.165, 1.54) is 36.5 Å². The highest BCUT2D eigenvalue weighted by molar-refractivity contribution is 6.08. The molecule has 0 spiro atoms. The highest BCUT2D eigenvalue weighted by Crippen LogP contribution is 2.19. The van der Waals surface area contributed by atoms with Gasteiger partial charge in [-0.15, -0.1) is 0 Å². The van der Waals surface area contributed by atoms with Crippen LogP contribution in [0.3, 0.4) is 0 Å². The van der Waals surface area contributed by atoms with Crippen LogP contribution in [-0.2, 0) is 0 Å². The number of benzene rings is 2. The van der Waals surface area contributed by atoms with Crippen LogP contribution in [0.1, 0.15) is 33.3 Å². The van der Waals surface area contributed by atoms with Crippen molar-refractivity contribution in [1.29, 1.82) is 0 Å². The van der Waals surface area contributed by atoms with Gasteiger partial charge in [-0.05, 0) is 67.9 Å². The predicted molar refractivity (Wildman–Crippen MR) is 107 cm³/mol. The summed E-state index contributed by atoms with van der Waals surface area (Å²) in [5, 5.41) is 2.64. The van der Waals surface area contributed by atoms with E-state index in [1.54, 1.807) is 11.0 Å². The molecule has 0 fully saturated rings. The van der Waals surface area contributed by atoms with Gasteiger partial charge in [-0.1, -0.05) is 12.1 Å². The molecule has 0 saturated carbocycles. The van der Waals surface area contributed by atoms with Crippen LogP contribution in [0.5, 0.6) is 0 Å². The Balaban J connectivity index is 1.82. The number of hydrogen-bond donors (Lipinski definition) is 1. The fourth-order valence-corrected chi connectivity index (χ4v) is 2.81. The van der Waals surface area contributed by atoms with Gasteiger partial charge in [0.2, 0.25) is 0 Å². The van der Waals surface area contributed by atoms with Crippen LogP contribution in [0, 0.1) is 12.7 Å². The number of aromatic nitrogens is 1. The third kappa shape index (κ3) is 4.40. The van der Waals surface area contributed by atoms with Crippen molar-refractivity contribution in [3.63, 3.8) is 0 Å². The number of aryl methyl sites for hydroxylation is 1. The summed E-state index contributed by atoms with van der Waals surface area (Å²) in [5.41, 5.74) is 2.76. The van der Waals surface area contributed by atoms with Crippen LogP contribution in [0.25, 0.3) is 0 Å². The number of carbonyl (C=O) groups is 2.